The van der Waals surface area contributed by atoms with Crippen molar-refractivity contribution in [2.75, 3.05) is 13.1 Å². The summed E-state index contributed by atoms with van der Waals surface area (Å²) in [5, 5.41) is 2.79. The van der Waals surface area contributed by atoms with Crippen LogP contribution in [0.5, 0.6) is 0 Å². The fourth-order valence-electron chi connectivity index (χ4n) is 3.20. The Morgan fingerprint density at radius 3 is 2.37 bits per heavy atom. The van der Waals surface area contributed by atoms with Crippen molar-refractivity contribution in [1.29, 1.82) is 0 Å². The first-order chi connectivity index (χ1) is 8.85. The molecule has 108 valence electrons. The highest BCUT2D eigenvalue weighted by molar-refractivity contribution is 5.98. The van der Waals surface area contributed by atoms with E-state index in [1.165, 1.54) is 6.42 Å². The van der Waals surface area contributed by atoms with Crippen LogP contribution < -0.4 is 5.32 Å². The van der Waals surface area contributed by atoms with E-state index in [0.717, 1.165) is 32.1 Å². The van der Waals surface area contributed by atoms with Gasteiger partial charge in [-0.05, 0) is 24.7 Å². The quantitative estimate of drug-likeness (QED) is 0.832. The molecule has 2 amide bonds. The fourth-order valence-corrected chi connectivity index (χ4v) is 3.20. The van der Waals surface area contributed by atoms with Gasteiger partial charge in [0.2, 0.25) is 11.8 Å². The summed E-state index contributed by atoms with van der Waals surface area (Å²) in [6, 6.07) is 0. The van der Waals surface area contributed by atoms with Crippen LogP contribution in [0.15, 0.2) is 0 Å². The largest absolute Gasteiger partial charge is 0.345 e. The van der Waals surface area contributed by atoms with Gasteiger partial charge in [0.05, 0.1) is 6.54 Å². The summed E-state index contributed by atoms with van der Waals surface area (Å²) in [5.41, 5.74) is -0.358. The summed E-state index contributed by atoms with van der Waals surface area (Å²) >= 11 is 0. The molecular formula is C15H26N2O2. The molecule has 1 aliphatic carbocycles. The molecule has 1 saturated carbocycles. The van der Waals surface area contributed by atoms with Crippen molar-refractivity contribution in [3.05, 3.63) is 0 Å². The van der Waals surface area contributed by atoms with E-state index in [4.69, 9.17) is 0 Å². The van der Waals surface area contributed by atoms with Crippen molar-refractivity contribution in [1.82, 2.24) is 10.2 Å². The summed E-state index contributed by atoms with van der Waals surface area (Å²) in [6.07, 6.45) is 5.87. The van der Waals surface area contributed by atoms with Crippen LogP contribution in [0.1, 0.15) is 59.3 Å². The fraction of sp³-hybridized carbons (Fsp3) is 0.867. The van der Waals surface area contributed by atoms with Gasteiger partial charge in [-0.2, -0.15) is 0 Å². The SMILES string of the molecule is CC(C)(C)CCN1C(=O)CNC(=O)C12CCCCC2. The molecule has 2 aliphatic rings. The van der Waals surface area contributed by atoms with E-state index in [-0.39, 0.29) is 23.8 Å². The lowest BCUT2D eigenvalue weighted by atomic mass is 9.77. The van der Waals surface area contributed by atoms with Crippen LogP contribution >= 0.6 is 0 Å². The maximum atomic E-state index is 12.3. The first kappa shape index (κ1) is 14.4. The second kappa shape index (κ2) is 5.14. The van der Waals surface area contributed by atoms with Gasteiger partial charge in [-0.3, -0.25) is 9.59 Å². The Hall–Kier alpha value is -1.06. The average Bonchev–Trinajstić information content (AvgIpc) is 2.34. The average molecular weight is 266 g/mol. The van der Waals surface area contributed by atoms with Crippen LogP contribution in [-0.4, -0.2) is 35.3 Å². The monoisotopic (exact) mass is 266 g/mol. The Morgan fingerprint density at radius 1 is 1.16 bits per heavy atom. The lowest BCUT2D eigenvalue weighted by molar-refractivity contribution is -0.156. The van der Waals surface area contributed by atoms with Crippen molar-refractivity contribution in [2.24, 2.45) is 5.41 Å². The molecule has 1 saturated heterocycles. The first-order valence-corrected chi connectivity index (χ1v) is 7.44. The Bertz CT molecular complexity index is 365. The Balaban J connectivity index is 2.18. The molecule has 4 nitrogen and oxygen atoms in total. The van der Waals surface area contributed by atoms with E-state index >= 15 is 0 Å². The van der Waals surface area contributed by atoms with E-state index < -0.39 is 5.54 Å². The zero-order chi connectivity index (χ0) is 14.1. The summed E-state index contributed by atoms with van der Waals surface area (Å²) in [6.45, 7) is 7.40. The Morgan fingerprint density at radius 2 is 1.79 bits per heavy atom. The van der Waals surface area contributed by atoms with Crippen molar-refractivity contribution in [3.8, 4) is 0 Å². The van der Waals surface area contributed by atoms with Crippen molar-refractivity contribution >= 4 is 11.8 Å². The number of nitrogens with zero attached hydrogens (tertiary/aromatic N) is 1. The second-order valence-corrected chi connectivity index (χ2v) is 7.13. The van der Waals surface area contributed by atoms with Gasteiger partial charge >= 0.3 is 0 Å². The minimum absolute atomic E-state index is 0.0701. The van der Waals surface area contributed by atoms with Crippen LogP contribution in [0.2, 0.25) is 0 Å². The van der Waals surface area contributed by atoms with Crippen LogP contribution in [0, 0.1) is 5.41 Å². The minimum atomic E-state index is -0.543. The molecule has 0 aromatic heterocycles. The van der Waals surface area contributed by atoms with Crippen LogP contribution in [0.3, 0.4) is 0 Å². The summed E-state index contributed by atoms with van der Waals surface area (Å²) in [5.74, 6) is 0.159. The molecule has 0 bridgehead atoms. The predicted molar refractivity (Wildman–Crippen MR) is 74.6 cm³/mol. The molecule has 1 spiro atoms. The van der Waals surface area contributed by atoms with E-state index in [1.54, 1.807) is 0 Å². The van der Waals surface area contributed by atoms with Gasteiger partial charge in [-0.1, -0.05) is 40.0 Å². The van der Waals surface area contributed by atoms with Gasteiger partial charge in [0, 0.05) is 6.54 Å². The van der Waals surface area contributed by atoms with Gasteiger partial charge in [0.1, 0.15) is 5.54 Å². The predicted octanol–water partition coefficient (Wildman–Crippen LogP) is 2.08. The standard InChI is InChI=1S/C15H26N2O2/c1-14(2,3)9-10-17-12(18)11-16-13(19)15(17)7-5-4-6-8-15/h4-11H2,1-3H3,(H,16,19). The molecule has 0 unspecified atom stereocenters. The number of nitrogens with one attached hydrogen (secondary N) is 1. The highest BCUT2D eigenvalue weighted by Crippen LogP contribution is 2.36. The van der Waals surface area contributed by atoms with Gasteiger partial charge in [-0.25, -0.2) is 0 Å². The van der Waals surface area contributed by atoms with Crippen LogP contribution in [0.4, 0.5) is 0 Å². The third-order valence-electron chi connectivity index (χ3n) is 4.41. The van der Waals surface area contributed by atoms with Gasteiger partial charge < -0.3 is 10.2 Å². The lowest BCUT2D eigenvalue weighted by Gasteiger charge is -2.48. The molecule has 0 aromatic rings. The van der Waals surface area contributed by atoms with Crippen LogP contribution in [-0.2, 0) is 9.59 Å². The van der Waals surface area contributed by atoms with E-state index in [1.807, 2.05) is 4.90 Å². The van der Waals surface area contributed by atoms with Gasteiger partial charge in [0.25, 0.3) is 0 Å². The van der Waals surface area contributed by atoms with Gasteiger partial charge in [0.15, 0.2) is 0 Å². The smallest absolute Gasteiger partial charge is 0.246 e. The molecule has 2 rings (SSSR count). The molecule has 1 N–H and O–H groups in total. The number of carbonyl (C=O) groups excluding carboxylic acids is 2. The molecule has 4 heteroatoms. The van der Waals surface area contributed by atoms with Crippen LogP contribution in [0.25, 0.3) is 0 Å². The maximum absolute atomic E-state index is 12.3. The first-order valence-electron chi connectivity index (χ1n) is 7.44. The zero-order valence-electron chi connectivity index (χ0n) is 12.4. The molecule has 2 fully saturated rings. The summed E-state index contributed by atoms with van der Waals surface area (Å²) in [7, 11) is 0. The zero-order valence-corrected chi connectivity index (χ0v) is 12.4. The van der Waals surface area contributed by atoms with Crippen molar-refractivity contribution in [2.45, 2.75) is 64.8 Å². The number of rotatable bonds is 2. The molecule has 1 aliphatic heterocycles. The van der Waals surface area contributed by atoms with E-state index in [0.29, 0.717) is 6.54 Å². The third kappa shape index (κ3) is 2.93. The number of piperazine rings is 1. The Labute approximate surface area is 115 Å². The molecule has 0 radical (unpaired) electrons. The summed E-state index contributed by atoms with van der Waals surface area (Å²) in [4.78, 5) is 26.5. The number of amides is 2. The summed E-state index contributed by atoms with van der Waals surface area (Å²) < 4.78 is 0. The van der Waals surface area contributed by atoms with Crippen molar-refractivity contribution in [3.63, 3.8) is 0 Å². The molecule has 19 heavy (non-hydrogen) atoms. The second-order valence-electron chi connectivity index (χ2n) is 7.13. The van der Waals surface area contributed by atoms with E-state index in [2.05, 4.69) is 26.1 Å². The van der Waals surface area contributed by atoms with Gasteiger partial charge in [-0.15, -0.1) is 0 Å². The molecule has 0 aromatic carbocycles. The number of carbonyl (C=O) groups is 2. The lowest BCUT2D eigenvalue weighted by Crippen LogP contribution is -2.68. The maximum Gasteiger partial charge on any atom is 0.246 e. The number of hydrogen-bond acceptors (Lipinski definition) is 2. The number of hydrogen-bond donors (Lipinski definition) is 1. The van der Waals surface area contributed by atoms with Crippen molar-refractivity contribution < 1.29 is 9.59 Å². The Kier molecular flexibility index (Phi) is 3.88. The highest BCUT2D eigenvalue weighted by atomic mass is 16.2. The van der Waals surface area contributed by atoms with E-state index in [9.17, 15) is 9.59 Å². The topological polar surface area (TPSA) is 49.4 Å². The minimum Gasteiger partial charge on any atom is -0.345 e. The highest BCUT2D eigenvalue weighted by Gasteiger charge is 2.49. The molecule has 1 heterocycles. The molecular weight excluding hydrogens is 240 g/mol. The third-order valence-corrected chi connectivity index (χ3v) is 4.41. The normalized spacial score (nSPS) is 23.6. The molecule has 0 atom stereocenters.